The Morgan fingerprint density at radius 2 is 2.03 bits per heavy atom. The number of aromatic nitrogens is 2. The van der Waals surface area contributed by atoms with Crippen LogP contribution in [0.3, 0.4) is 0 Å². The number of pyridine rings is 2. The molecule has 0 atom stereocenters. The van der Waals surface area contributed by atoms with Crippen molar-refractivity contribution in [1.29, 1.82) is 10.5 Å². The zero-order chi connectivity index (χ0) is 22.6. The van der Waals surface area contributed by atoms with Crippen LogP contribution >= 0.6 is 11.6 Å². The Kier molecular flexibility index (Phi) is 6.84. The first-order chi connectivity index (χ1) is 14.7. The number of nitrogens with one attached hydrogen (secondary N) is 1. The third-order valence-electron chi connectivity index (χ3n) is 4.82. The maximum Gasteiger partial charge on any atom is 0.422 e. The third kappa shape index (κ3) is 5.54. The van der Waals surface area contributed by atoms with Gasteiger partial charge < -0.3 is 10.1 Å². The van der Waals surface area contributed by atoms with E-state index in [1.54, 1.807) is 13.0 Å². The Morgan fingerprint density at radius 1 is 1.26 bits per heavy atom. The summed E-state index contributed by atoms with van der Waals surface area (Å²) in [5.41, 5.74) is 3.32. The monoisotopic (exact) mass is 450 g/mol. The predicted octanol–water partition coefficient (Wildman–Crippen LogP) is 3.74. The fourth-order valence-corrected chi connectivity index (χ4v) is 3.63. The molecule has 162 valence electrons. The van der Waals surface area contributed by atoms with Crippen molar-refractivity contribution in [3.05, 3.63) is 45.2 Å². The Hall–Kier alpha value is -3.08. The van der Waals surface area contributed by atoms with Gasteiger partial charge in [-0.1, -0.05) is 17.7 Å². The molecule has 11 heteroatoms. The van der Waals surface area contributed by atoms with Crippen LogP contribution < -0.4 is 10.1 Å². The number of nitriles is 2. The second kappa shape index (κ2) is 9.38. The van der Waals surface area contributed by atoms with Gasteiger partial charge in [-0.25, -0.2) is 9.97 Å². The highest BCUT2D eigenvalue weighted by Gasteiger charge is 2.29. The van der Waals surface area contributed by atoms with Crippen LogP contribution in [0.5, 0.6) is 5.88 Å². The molecule has 0 fully saturated rings. The lowest BCUT2D eigenvalue weighted by Gasteiger charge is -2.31. The topological polar surface area (TPSA) is 97.9 Å². The van der Waals surface area contributed by atoms with Crippen LogP contribution in [0.1, 0.15) is 27.9 Å². The minimum absolute atomic E-state index is 0.0685. The standard InChI is InChI=1S/C20H18ClF3N6O/c1-12-13(2-3-17(28-12)31-11-20(22,23)24)9-30-7-4-14-16(10-30)15(8-26)18(21)29-19(14)27-6-5-25/h2-3H,4,6-7,9-11H2,1H3,(H,27,29). The molecule has 3 rings (SSSR count). The SMILES string of the molecule is Cc1nc(OCC(F)(F)F)ccc1CN1CCc2c(NCC#N)nc(Cl)c(C#N)c2C1. The first kappa shape index (κ1) is 22.6. The number of alkyl halides is 3. The normalized spacial score (nSPS) is 13.8. The fourth-order valence-electron chi connectivity index (χ4n) is 3.39. The van der Waals surface area contributed by atoms with Gasteiger partial charge in [-0.05, 0) is 24.5 Å². The molecular formula is C20H18ClF3N6O. The van der Waals surface area contributed by atoms with Gasteiger partial charge >= 0.3 is 6.18 Å². The summed E-state index contributed by atoms with van der Waals surface area (Å²) in [5, 5.41) is 21.4. The predicted molar refractivity (Wildman–Crippen MR) is 106 cm³/mol. The average Bonchev–Trinajstić information content (AvgIpc) is 2.71. The van der Waals surface area contributed by atoms with Crippen LogP contribution in [0.25, 0.3) is 0 Å². The van der Waals surface area contributed by atoms with Crippen LogP contribution in [-0.4, -0.2) is 40.7 Å². The first-order valence-corrected chi connectivity index (χ1v) is 9.70. The lowest BCUT2D eigenvalue weighted by molar-refractivity contribution is -0.154. The molecule has 0 saturated carbocycles. The van der Waals surface area contributed by atoms with Crippen LogP contribution in [-0.2, 0) is 19.5 Å². The van der Waals surface area contributed by atoms with Crippen LogP contribution in [0, 0.1) is 29.6 Å². The van der Waals surface area contributed by atoms with Crippen molar-refractivity contribution < 1.29 is 17.9 Å². The van der Waals surface area contributed by atoms with Crippen molar-refractivity contribution >= 4 is 17.4 Å². The molecule has 3 heterocycles. The number of hydrogen-bond donors (Lipinski definition) is 1. The van der Waals surface area contributed by atoms with Crippen molar-refractivity contribution in [3.8, 4) is 18.0 Å². The smallest absolute Gasteiger partial charge is 0.422 e. The molecule has 0 radical (unpaired) electrons. The van der Waals surface area contributed by atoms with Crippen molar-refractivity contribution in [1.82, 2.24) is 14.9 Å². The fraction of sp³-hybridized carbons (Fsp3) is 0.400. The molecule has 0 saturated heterocycles. The lowest BCUT2D eigenvalue weighted by atomic mass is 9.96. The molecule has 7 nitrogen and oxygen atoms in total. The summed E-state index contributed by atoms with van der Waals surface area (Å²) in [6, 6.07) is 7.20. The van der Waals surface area contributed by atoms with E-state index in [1.165, 1.54) is 6.07 Å². The molecule has 0 unspecified atom stereocenters. The third-order valence-corrected chi connectivity index (χ3v) is 5.10. The van der Waals surface area contributed by atoms with Gasteiger partial charge in [0.25, 0.3) is 0 Å². The van der Waals surface area contributed by atoms with E-state index < -0.39 is 12.8 Å². The van der Waals surface area contributed by atoms with Gasteiger partial charge in [-0.15, -0.1) is 0 Å². The van der Waals surface area contributed by atoms with E-state index in [-0.39, 0.29) is 17.6 Å². The molecule has 0 aromatic carbocycles. The number of nitrogens with zero attached hydrogens (tertiary/aromatic N) is 5. The highest BCUT2D eigenvalue weighted by atomic mass is 35.5. The molecular weight excluding hydrogens is 433 g/mol. The van der Waals surface area contributed by atoms with E-state index in [2.05, 4.69) is 26.3 Å². The highest BCUT2D eigenvalue weighted by Crippen LogP contribution is 2.32. The molecule has 2 aromatic heterocycles. The first-order valence-electron chi connectivity index (χ1n) is 9.32. The van der Waals surface area contributed by atoms with Crippen molar-refractivity contribution in [2.75, 3.05) is 25.0 Å². The largest absolute Gasteiger partial charge is 0.468 e. The van der Waals surface area contributed by atoms with Crippen molar-refractivity contribution in [2.24, 2.45) is 0 Å². The number of hydrogen-bond acceptors (Lipinski definition) is 7. The Balaban J connectivity index is 1.78. The van der Waals surface area contributed by atoms with Gasteiger partial charge in [-0.2, -0.15) is 23.7 Å². The molecule has 2 aromatic rings. The molecule has 0 aliphatic carbocycles. The number of anilines is 1. The molecule has 0 spiro atoms. The molecule has 0 bridgehead atoms. The van der Waals surface area contributed by atoms with Gasteiger partial charge in [0.15, 0.2) is 6.61 Å². The summed E-state index contributed by atoms with van der Waals surface area (Å²) < 4.78 is 41.7. The maximum absolute atomic E-state index is 12.3. The molecule has 1 N–H and O–H groups in total. The Bertz CT molecular complexity index is 1060. The van der Waals surface area contributed by atoms with Gasteiger partial charge in [0.1, 0.15) is 23.6 Å². The van der Waals surface area contributed by atoms with Gasteiger partial charge in [0.05, 0.1) is 11.6 Å². The minimum atomic E-state index is -4.43. The number of fused-ring (bicyclic) bond motifs is 1. The van der Waals surface area contributed by atoms with Gasteiger partial charge in [0, 0.05) is 37.0 Å². The summed E-state index contributed by atoms with van der Waals surface area (Å²) >= 11 is 6.18. The lowest BCUT2D eigenvalue weighted by Crippen LogP contribution is -2.32. The molecule has 31 heavy (non-hydrogen) atoms. The molecule has 0 amide bonds. The Morgan fingerprint density at radius 3 is 2.68 bits per heavy atom. The molecule has 1 aliphatic heterocycles. The maximum atomic E-state index is 12.3. The van der Waals surface area contributed by atoms with Crippen LogP contribution in [0.15, 0.2) is 12.1 Å². The zero-order valence-electron chi connectivity index (χ0n) is 16.6. The zero-order valence-corrected chi connectivity index (χ0v) is 17.3. The quantitative estimate of drug-likeness (QED) is 0.528. The van der Waals surface area contributed by atoms with E-state index in [9.17, 15) is 18.4 Å². The summed E-state index contributed by atoms with van der Waals surface area (Å²) in [6.07, 6.45) is -3.83. The summed E-state index contributed by atoms with van der Waals surface area (Å²) in [6.45, 7) is 1.97. The highest BCUT2D eigenvalue weighted by molar-refractivity contribution is 6.30. The van der Waals surface area contributed by atoms with Gasteiger partial charge in [0.2, 0.25) is 5.88 Å². The summed E-state index contributed by atoms with van der Waals surface area (Å²) in [4.78, 5) is 10.4. The van der Waals surface area contributed by atoms with E-state index >= 15 is 0 Å². The van der Waals surface area contributed by atoms with E-state index in [0.717, 1.165) is 16.7 Å². The number of ether oxygens (including phenoxy) is 1. The van der Waals surface area contributed by atoms with Crippen LogP contribution in [0.2, 0.25) is 5.15 Å². The number of halogens is 4. The Labute approximate surface area is 182 Å². The summed E-state index contributed by atoms with van der Waals surface area (Å²) in [7, 11) is 0. The van der Waals surface area contributed by atoms with Crippen LogP contribution in [0.4, 0.5) is 19.0 Å². The average molecular weight is 451 g/mol. The number of rotatable bonds is 6. The summed E-state index contributed by atoms with van der Waals surface area (Å²) in [5.74, 6) is 0.421. The van der Waals surface area contributed by atoms with E-state index in [4.69, 9.17) is 21.6 Å². The van der Waals surface area contributed by atoms with Gasteiger partial charge in [-0.3, -0.25) is 4.90 Å². The van der Waals surface area contributed by atoms with E-state index in [1.807, 2.05) is 6.07 Å². The minimum Gasteiger partial charge on any atom is -0.468 e. The second-order valence-electron chi connectivity index (χ2n) is 6.97. The van der Waals surface area contributed by atoms with Crippen molar-refractivity contribution in [2.45, 2.75) is 32.6 Å². The van der Waals surface area contributed by atoms with Crippen molar-refractivity contribution in [3.63, 3.8) is 0 Å². The number of aryl methyl sites for hydroxylation is 1. The molecule has 1 aliphatic rings. The second-order valence-corrected chi connectivity index (χ2v) is 7.32. The van der Waals surface area contributed by atoms with E-state index in [0.29, 0.717) is 43.1 Å².